The quantitative estimate of drug-likeness (QED) is 0.795. The fourth-order valence-corrected chi connectivity index (χ4v) is 2.20. The summed E-state index contributed by atoms with van der Waals surface area (Å²) in [6.07, 6.45) is 0.255. The predicted octanol–water partition coefficient (Wildman–Crippen LogP) is 3.36. The second-order valence-corrected chi connectivity index (χ2v) is 4.67. The maximum absolute atomic E-state index is 12.1. The molecule has 0 amide bonds. The van der Waals surface area contributed by atoms with Crippen molar-refractivity contribution in [3.05, 3.63) is 60.2 Å². The van der Waals surface area contributed by atoms with E-state index >= 15 is 0 Å². The zero-order valence-corrected chi connectivity index (χ0v) is 11.1. The molecule has 0 N–H and O–H groups in total. The molecule has 0 fully saturated rings. The van der Waals surface area contributed by atoms with Crippen LogP contribution in [0.5, 0.6) is 0 Å². The zero-order chi connectivity index (χ0) is 13.8. The van der Waals surface area contributed by atoms with Crippen molar-refractivity contribution in [1.82, 2.24) is 0 Å². The summed E-state index contributed by atoms with van der Waals surface area (Å²) in [5.41, 5.74) is 2.95. The minimum absolute atomic E-state index is 0.0465. The Kier molecular flexibility index (Phi) is 3.59. The van der Waals surface area contributed by atoms with Crippen LogP contribution in [0.1, 0.15) is 16.8 Å². The molecule has 2 aromatic rings. The minimum Gasteiger partial charge on any atom is -0.479 e. The Morgan fingerprint density at radius 1 is 1.00 bits per heavy atom. The lowest BCUT2D eigenvalue weighted by Crippen LogP contribution is -2.08. The molecule has 1 aliphatic rings. The highest BCUT2D eigenvalue weighted by Gasteiger charge is 2.14. The fraction of sp³-hybridized carbons (Fsp3) is 0.176. The number of carbonyl (C=O) groups is 1. The van der Waals surface area contributed by atoms with Gasteiger partial charge in [-0.25, -0.2) is 0 Å². The topological polar surface area (TPSA) is 38.7 Å². The van der Waals surface area contributed by atoms with Gasteiger partial charge in [-0.3, -0.25) is 9.79 Å². The van der Waals surface area contributed by atoms with E-state index in [1.165, 1.54) is 0 Å². The van der Waals surface area contributed by atoms with Crippen LogP contribution in [0, 0.1) is 0 Å². The van der Waals surface area contributed by atoms with Crippen LogP contribution in [0.15, 0.2) is 59.6 Å². The molecule has 0 saturated carbocycles. The van der Waals surface area contributed by atoms with Crippen molar-refractivity contribution >= 4 is 11.7 Å². The standard InChI is InChI=1S/C17H15NO2/c19-16(12-17-18-10-11-20-17)15-8-6-14(7-9-15)13-4-2-1-3-5-13/h1-9H,10-12H2. The van der Waals surface area contributed by atoms with E-state index in [1.54, 1.807) is 0 Å². The number of aliphatic imine (C=N–C) groups is 1. The first kappa shape index (κ1) is 12.6. The Balaban J connectivity index is 1.74. The lowest BCUT2D eigenvalue weighted by molar-refractivity contribution is 0.0994. The molecule has 0 bridgehead atoms. The van der Waals surface area contributed by atoms with Crippen LogP contribution in [-0.2, 0) is 4.74 Å². The van der Waals surface area contributed by atoms with Gasteiger partial charge < -0.3 is 4.74 Å². The molecule has 2 aromatic carbocycles. The highest BCUT2D eigenvalue weighted by atomic mass is 16.5. The Morgan fingerprint density at radius 2 is 1.70 bits per heavy atom. The van der Waals surface area contributed by atoms with Crippen LogP contribution in [-0.4, -0.2) is 24.8 Å². The van der Waals surface area contributed by atoms with Crippen LogP contribution in [0.25, 0.3) is 11.1 Å². The molecular weight excluding hydrogens is 250 g/mol. The number of carbonyl (C=O) groups excluding carboxylic acids is 1. The molecule has 1 heterocycles. The maximum atomic E-state index is 12.1. The number of benzene rings is 2. The van der Waals surface area contributed by atoms with Crippen LogP contribution in [0.2, 0.25) is 0 Å². The van der Waals surface area contributed by atoms with Crippen LogP contribution < -0.4 is 0 Å². The van der Waals surface area contributed by atoms with E-state index in [1.807, 2.05) is 42.5 Å². The van der Waals surface area contributed by atoms with E-state index in [0.717, 1.165) is 11.1 Å². The van der Waals surface area contributed by atoms with Gasteiger partial charge in [0.05, 0.1) is 13.0 Å². The van der Waals surface area contributed by atoms with Crippen LogP contribution >= 0.6 is 0 Å². The molecule has 1 aliphatic heterocycles. The van der Waals surface area contributed by atoms with Crippen molar-refractivity contribution < 1.29 is 9.53 Å². The van der Waals surface area contributed by atoms with E-state index in [2.05, 4.69) is 17.1 Å². The summed E-state index contributed by atoms with van der Waals surface area (Å²) in [5.74, 6) is 0.604. The molecule has 0 saturated heterocycles. The van der Waals surface area contributed by atoms with E-state index < -0.39 is 0 Å². The number of rotatable bonds is 4. The summed E-state index contributed by atoms with van der Waals surface area (Å²) in [7, 11) is 0. The molecule has 0 radical (unpaired) electrons. The summed E-state index contributed by atoms with van der Waals surface area (Å²) in [5, 5.41) is 0. The van der Waals surface area contributed by atoms with E-state index in [0.29, 0.717) is 24.6 Å². The molecule has 0 spiro atoms. The molecule has 20 heavy (non-hydrogen) atoms. The van der Waals surface area contributed by atoms with Gasteiger partial charge in [0.25, 0.3) is 0 Å². The number of nitrogens with zero attached hydrogens (tertiary/aromatic N) is 1. The van der Waals surface area contributed by atoms with E-state index in [4.69, 9.17) is 4.74 Å². The maximum Gasteiger partial charge on any atom is 0.191 e. The van der Waals surface area contributed by atoms with Crippen molar-refractivity contribution in [3.8, 4) is 11.1 Å². The SMILES string of the molecule is O=C(CC1=NCCO1)c1ccc(-c2ccccc2)cc1. The monoisotopic (exact) mass is 265 g/mol. The minimum atomic E-state index is 0.0465. The largest absolute Gasteiger partial charge is 0.479 e. The average molecular weight is 265 g/mol. The lowest BCUT2D eigenvalue weighted by Gasteiger charge is -2.04. The molecule has 0 unspecified atom stereocenters. The van der Waals surface area contributed by atoms with Gasteiger partial charge in [-0.05, 0) is 11.1 Å². The first-order valence-corrected chi connectivity index (χ1v) is 6.68. The summed E-state index contributed by atoms with van der Waals surface area (Å²) in [4.78, 5) is 16.2. The normalized spacial score (nSPS) is 13.7. The van der Waals surface area contributed by atoms with Crippen LogP contribution in [0.3, 0.4) is 0 Å². The van der Waals surface area contributed by atoms with Crippen molar-refractivity contribution in [3.63, 3.8) is 0 Å². The van der Waals surface area contributed by atoms with Gasteiger partial charge in [-0.15, -0.1) is 0 Å². The van der Waals surface area contributed by atoms with Gasteiger partial charge in [0, 0.05) is 5.56 Å². The number of Topliss-reactive ketones (excluding diaryl/α,β-unsaturated/α-hetero) is 1. The third-order valence-electron chi connectivity index (χ3n) is 3.27. The number of ketones is 1. The number of hydrogen-bond acceptors (Lipinski definition) is 3. The molecule has 100 valence electrons. The van der Waals surface area contributed by atoms with Crippen molar-refractivity contribution in [2.45, 2.75) is 6.42 Å². The Morgan fingerprint density at radius 3 is 2.35 bits per heavy atom. The van der Waals surface area contributed by atoms with Gasteiger partial charge in [0.1, 0.15) is 6.61 Å². The highest BCUT2D eigenvalue weighted by molar-refractivity contribution is 6.07. The zero-order valence-electron chi connectivity index (χ0n) is 11.1. The predicted molar refractivity (Wildman–Crippen MR) is 79.1 cm³/mol. The van der Waals surface area contributed by atoms with Gasteiger partial charge in [0.15, 0.2) is 11.7 Å². The first-order chi connectivity index (χ1) is 9.83. The molecule has 0 aromatic heterocycles. The van der Waals surface area contributed by atoms with Gasteiger partial charge in [0.2, 0.25) is 0 Å². The second kappa shape index (κ2) is 5.70. The Hall–Kier alpha value is -2.42. The Labute approximate surface area is 117 Å². The first-order valence-electron chi connectivity index (χ1n) is 6.68. The molecule has 3 nitrogen and oxygen atoms in total. The summed E-state index contributed by atoms with van der Waals surface area (Å²) in [6.45, 7) is 1.26. The summed E-state index contributed by atoms with van der Waals surface area (Å²) >= 11 is 0. The van der Waals surface area contributed by atoms with Crippen molar-refractivity contribution in [1.29, 1.82) is 0 Å². The van der Waals surface area contributed by atoms with Crippen molar-refractivity contribution in [2.24, 2.45) is 4.99 Å². The molecular formula is C17H15NO2. The van der Waals surface area contributed by atoms with E-state index in [9.17, 15) is 4.79 Å². The molecule has 0 aliphatic carbocycles. The van der Waals surface area contributed by atoms with E-state index in [-0.39, 0.29) is 12.2 Å². The smallest absolute Gasteiger partial charge is 0.191 e. The van der Waals surface area contributed by atoms with Crippen LogP contribution in [0.4, 0.5) is 0 Å². The van der Waals surface area contributed by atoms with Gasteiger partial charge >= 0.3 is 0 Å². The molecule has 0 atom stereocenters. The second-order valence-electron chi connectivity index (χ2n) is 4.67. The lowest BCUT2D eigenvalue weighted by atomic mass is 10.0. The third-order valence-corrected chi connectivity index (χ3v) is 3.27. The molecule has 3 rings (SSSR count). The fourth-order valence-electron chi connectivity index (χ4n) is 2.20. The third kappa shape index (κ3) is 2.77. The molecule has 3 heteroatoms. The highest BCUT2D eigenvalue weighted by Crippen LogP contribution is 2.20. The number of ether oxygens (including phenoxy) is 1. The number of hydrogen-bond donors (Lipinski definition) is 0. The Bertz CT molecular complexity index is 630. The van der Waals surface area contributed by atoms with Crippen molar-refractivity contribution in [2.75, 3.05) is 13.2 Å². The van der Waals surface area contributed by atoms with Gasteiger partial charge in [-0.1, -0.05) is 54.6 Å². The van der Waals surface area contributed by atoms with Gasteiger partial charge in [-0.2, -0.15) is 0 Å². The summed E-state index contributed by atoms with van der Waals surface area (Å²) in [6, 6.07) is 17.8. The average Bonchev–Trinajstić information content (AvgIpc) is 3.01. The summed E-state index contributed by atoms with van der Waals surface area (Å²) < 4.78 is 5.27.